The molecule has 0 unspecified atom stereocenters. The van der Waals surface area contributed by atoms with Crippen LogP contribution in [0.2, 0.25) is 0 Å². The molecular weight excluding hydrogens is 452 g/mol. The summed E-state index contributed by atoms with van der Waals surface area (Å²) < 4.78 is 14.8. The van der Waals surface area contributed by atoms with Crippen molar-refractivity contribution in [1.82, 2.24) is 24.2 Å². The van der Waals surface area contributed by atoms with Crippen molar-refractivity contribution in [3.05, 3.63) is 66.5 Å². The predicted octanol–water partition coefficient (Wildman–Crippen LogP) is 3.85. The van der Waals surface area contributed by atoms with Crippen molar-refractivity contribution in [3.8, 4) is 22.8 Å². The summed E-state index contributed by atoms with van der Waals surface area (Å²) in [6.07, 6.45) is 3.72. The van der Waals surface area contributed by atoms with Crippen molar-refractivity contribution in [3.63, 3.8) is 0 Å². The Hall–Kier alpha value is -4.05. The number of fused-ring (bicyclic) bond motifs is 4. The highest BCUT2D eigenvalue weighted by Gasteiger charge is 2.16. The molecule has 3 aromatic heterocycles. The minimum Gasteiger partial charge on any atom is -0.486 e. The molecule has 6 rings (SSSR count). The second-order valence-electron chi connectivity index (χ2n) is 7.90. The number of rotatable bonds is 5. The highest BCUT2D eigenvalue weighted by Crippen LogP contribution is 2.32. The highest BCUT2D eigenvalue weighted by atomic mass is 32.2. The lowest BCUT2D eigenvalue weighted by atomic mass is 10.1. The van der Waals surface area contributed by atoms with Gasteiger partial charge in [-0.25, -0.2) is 4.52 Å². The zero-order chi connectivity index (χ0) is 23.1. The van der Waals surface area contributed by atoms with E-state index in [1.807, 2.05) is 22.9 Å². The first-order valence-electron chi connectivity index (χ1n) is 10.8. The molecule has 1 N–H and O–H groups in total. The molecule has 0 aliphatic carbocycles. The third-order valence-electron chi connectivity index (χ3n) is 5.49. The van der Waals surface area contributed by atoms with Crippen LogP contribution in [0.15, 0.2) is 66.1 Å². The molecule has 1 amide bonds. The van der Waals surface area contributed by atoms with Gasteiger partial charge in [-0.3, -0.25) is 9.20 Å². The number of benzene rings is 2. The number of aryl methyl sites for hydroxylation is 1. The minimum absolute atomic E-state index is 0.148. The molecule has 0 saturated heterocycles. The normalized spacial score (nSPS) is 12.9. The smallest absolute Gasteiger partial charge is 0.234 e. The molecule has 0 fully saturated rings. The van der Waals surface area contributed by atoms with Gasteiger partial charge in [-0.1, -0.05) is 41.6 Å². The maximum atomic E-state index is 12.5. The van der Waals surface area contributed by atoms with Crippen molar-refractivity contribution < 1.29 is 14.3 Å². The summed E-state index contributed by atoms with van der Waals surface area (Å²) in [6.45, 7) is 3.08. The van der Waals surface area contributed by atoms with E-state index in [1.54, 1.807) is 22.7 Å². The number of anilines is 1. The molecule has 34 heavy (non-hydrogen) atoms. The lowest BCUT2D eigenvalue weighted by Gasteiger charge is -2.18. The van der Waals surface area contributed by atoms with Gasteiger partial charge in [0.2, 0.25) is 5.91 Å². The Bertz CT molecular complexity index is 1530. The quantitative estimate of drug-likeness (QED) is 0.388. The number of hydrogen-bond donors (Lipinski definition) is 1. The van der Waals surface area contributed by atoms with Crippen LogP contribution in [-0.2, 0) is 4.79 Å². The first-order valence-corrected chi connectivity index (χ1v) is 11.7. The SMILES string of the molecule is Cc1ccc(-c2cc3c4nnc(SCC(=O)Nc5ccc6c(c5)OCCO6)n4ccn3n2)cc1. The number of carbonyl (C=O) groups excluding carboxylic acids is 1. The summed E-state index contributed by atoms with van der Waals surface area (Å²) in [6, 6.07) is 15.6. The molecule has 0 bridgehead atoms. The number of carbonyl (C=O) groups is 1. The van der Waals surface area contributed by atoms with Gasteiger partial charge >= 0.3 is 0 Å². The van der Waals surface area contributed by atoms with Gasteiger partial charge in [0, 0.05) is 29.7 Å². The van der Waals surface area contributed by atoms with Crippen LogP contribution >= 0.6 is 11.8 Å². The number of hydrogen-bond acceptors (Lipinski definition) is 7. The molecule has 5 aromatic rings. The molecule has 4 heterocycles. The lowest BCUT2D eigenvalue weighted by molar-refractivity contribution is -0.113. The summed E-state index contributed by atoms with van der Waals surface area (Å²) >= 11 is 1.32. The maximum Gasteiger partial charge on any atom is 0.234 e. The van der Waals surface area contributed by atoms with Gasteiger partial charge < -0.3 is 14.8 Å². The zero-order valence-electron chi connectivity index (χ0n) is 18.3. The number of thioether (sulfide) groups is 1. The van der Waals surface area contributed by atoms with E-state index in [-0.39, 0.29) is 11.7 Å². The van der Waals surface area contributed by atoms with Crippen molar-refractivity contribution in [2.75, 3.05) is 24.3 Å². The molecule has 9 nitrogen and oxygen atoms in total. The van der Waals surface area contributed by atoms with E-state index in [2.05, 4.69) is 51.8 Å². The van der Waals surface area contributed by atoms with Gasteiger partial charge in [0.1, 0.15) is 18.7 Å². The lowest BCUT2D eigenvalue weighted by Crippen LogP contribution is -2.17. The zero-order valence-corrected chi connectivity index (χ0v) is 19.1. The second kappa shape index (κ2) is 8.38. The minimum atomic E-state index is -0.148. The van der Waals surface area contributed by atoms with Crippen LogP contribution < -0.4 is 14.8 Å². The number of aromatic nitrogens is 5. The number of nitrogens with zero attached hydrogens (tertiary/aromatic N) is 5. The van der Waals surface area contributed by atoms with Crippen molar-refractivity contribution in [2.45, 2.75) is 12.1 Å². The van der Waals surface area contributed by atoms with Gasteiger partial charge in [0.15, 0.2) is 22.3 Å². The van der Waals surface area contributed by atoms with Crippen LogP contribution in [-0.4, -0.2) is 49.1 Å². The Morgan fingerprint density at radius 3 is 2.71 bits per heavy atom. The van der Waals surface area contributed by atoms with Gasteiger partial charge in [-0.2, -0.15) is 5.10 Å². The van der Waals surface area contributed by atoms with E-state index in [9.17, 15) is 4.79 Å². The molecule has 0 atom stereocenters. The Morgan fingerprint density at radius 1 is 1.03 bits per heavy atom. The van der Waals surface area contributed by atoms with E-state index in [1.165, 1.54) is 17.3 Å². The predicted molar refractivity (Wildman–Crippen MR) is 129 cm³/mol. The Morgan fingerprint density at radius 2 is 1.85 bits per heavy atom. The summed E-state index contributed by atoms with van der Waals surface area (Å²) in [4.78, 5) is 12.5. The Labute approximate surface area is 198 Å². The molecule has 2 aromatic carbocycles. The monoisotopic (exact) mass is 472 g/mol. The largest absolute Gasteiger partial charge is 0.486 e. The van der Waals surface area contributed by atoms with Gasteiger partial charge in [0.05, 0.1) is 11.4 Å². The summed E-state index contributed by atoms with van der Waals surface area (Å²) in [5.41, 5.74) is 5.29. The van der Waals surface area contributed by atoms with Crippen LogP contribution in [0.4, 0.5) is 5.69 Å². The van der Waals surface area contributed by atoms with Crippen molar-refractivity contribution >= 4 is 34.5 Å². The maximum absolute atomic E-state index is 12.5. The third kappa shape index (κ3) is 3.81. The molecule has 1 aliphatic heterocycles. The number of ether oxygens (including phenoxy) is 2. The summed E-state index contributed by atoms with van der Waals surface area (Å²) in [5.74, 6) is 1.36. The van der Waals surface area contributed by atoms with Crippen molar-refractivity contribution in [2.24, 2.45) is 0 Å². The fourth-order valence-corrected chi connectivity index (χ4v) is 4.52. The topological polar surface area (TPSA) is 95.0 Å². The molecule has 0 spiro atoms. The van der Waals surface area contributed by atoms with E-state index in [0.29, 0.717) is 41.2 Å². The fraction of sp³-hybridized carbons (Fsp3) is 0.167. The third-order valence-corrected chi connectivity index (χ3v) is 6.44. The number of nitrogens with one attached hydrogen (secondary N) is 1. The summed E-state index contributed by atoms with van der Waals surface area (Å²) in [5, 5.41) is 16.8. The van der Waals surface area contributed by atoms with E-state index in [0.717, 1.165) is 16.8 Å². The molecule has 0 radical (unpaired) electrons. The van der Waals surface area contributed by atoms with Gasteiger partial charge in [-0.05, 0) is 25.1 Å². The Kier molecular flexibility index (Phi) is 5.06. The van der Waals surface area contributed by atoms with Gasteiger partial charge in [-0.15, -0.1) is 10.2 Å². The molecule has 10 heteroatoms. The van der Waals surface area contributed by atoms with Crippen LogP contribution in [0.5, 0.6) is 11.5 Å². The molecule has 170 valence electrons. The van der Waals surface area contributed by atoms with Crippen molar-refractivity contribution in [1.29, 1.82) is 0 Å². The van der Waals surface area contributed by atoms with Crippen LogP contribution in [0, 0.1) is 6.92 Å². The molecule has 0 saturated carbocycles. The standard InChI is InChI=1S/C24H20N6O3S/c1-15-2-4-16(5-3-15)18-13-19-23-26-27-24(29(23)8-9-30(19)28-18)34-14-22(31)25-17-6-7-20-21(12-17)33-11-10-32-20/h2-9,12-13H,10-11,14H2,1H3,(H,25,31). The van der Waals surface area contributed by atoms with E-state index in [4.69, 9.17) is 9.47 Å². The average molecular weight is 473 g/mol. The molecular formula is C24H20N6O3S. The van der Waals surface area contributed by atoms with Crippen LogP contribution in [0.25, 0.3) is 22.4 Å². The van der Waals surface area contributed by atoms with Crippen LogP contribution in [0.3, 0.4) is 0 Å². The Balaban J connectivity index is 1.19. The molecule has 1 aliphatic rings. The fourth-order valence-electron chi connectivity index (χ4n) is 3.80. The summed E-state index contributed by atoms with van der Waals surface area (Å²) in [7, 11) is 0. The average Bonchev–Trinajstić information content (AvgIpc) is 3.47. The highest BCUT2D eigenvalue weighted by molar-refractivity contribution is 7.99. The van der Waals surface area contributed by atoms with E-state index >= 15 is 0 Å². The number of amides is 1. The first kappa shape index (κ1) is 20.5. The van der Waals surface area contributed by atoms with Gasteiger partial charge in [0.25, 0.3) is 0 Å². The van der Waals surface area contributed by atoms with E-state index < -0.39 is 0 Å². The second-order valence-corrected chi connectivity index (χ2v) is 8.84. The van der Waals surface area contributed by atoms with Crippen LogP contribution in [0.1, 0.15) is 5.56 Å². The first-order chi connectivity index (χ1) is 16.6.